The number of hydrogen-bond donors (Lipinski definition) is 1. The predicted molar refractivity (Wildman–Crippen MR) is 97.3 cm³/mol. The van der Waals surface area contributed by atoms with Gasteiger partial charge < -0.3 is 19.0 Å². The van der Waals surface area contributed by atoms with Gasteiger partial charge in [0.05, 0.1) is 5.92 Å². The molecule has 0 bridgehead atoms. The lowest BCUT2D eigenvalue weighted by molar-refractivity contribution is -0.115. The zero-order chi connectivity index (χ0) is 17.9. The summed E-state index contributed by atoms with van der Waals surface area (Å²) in [4.78, 5) is 0. The average molecular weight is 351 g/mol. The topological polar surface area (TPSA) is 47.9 Å². The third-order valence-electron chi connectivity index (χ3n) is 5.74. The Morgan fingerprint density at radius 2 is 1.96 bits per heavy atom. The molecule has 134 valence electrons. The average Bonchev–Trinajstić information content (AvgIpc) is 3.03. The van der Waals surface area contributed by atoms with E-state index in [2.05, 4.69) is 52.9 Å². The van der Waals surface area contributed by atoms with Gasteiger partial charge in [0.1, 0.15) is 17.6 Å². The molecular weight excluding hydrogens is 320 g/mol. The van der Waals surface area contributed by atoms with Gasteiger partial charge in [-0.3, -0.25) is 0 Å². The van der Waals surface area contributed by atoms with Gasteiger partial charge in [0.2, 0.25) is 8.32 Å². The SMILES string of the molecule is CCOC(O)C1C2Oc3c(C)cc(O[Si](C)(C)C(C)(C)C)cc3C21. The van der Waals surface area contributed by atoms with E-state index in [-0.39, 0.29) is 23.0 Å². The molecule has 4 unspecified atom stereocenters. The lowest BCUT2D eigenvalue weighted by atomic mass is 10.0. The van der Waals surface area contributed by atoms with Crippen LogP contribution < -0.4 is 9.16 Å². The molecule has 24 heavy (non-hydrogen) atoms. The Balaban J connectivity index is 1.84. The fraction of sp³-hybridized carbons (Fsp3) is 0.684. The molecule has 2 aliphatic rings. The van der Waals surface area contributed by atoms with Crippen LogP contribution in [0.5, 0.6) is 11.5 Å². The lowest BCUT2D eigenvalue weighted by Crippen LogP contribution is -2.43. The molecule has 0 amide bonds. The highest BCUT2D eigenvalue weighted by molar-refractivity contribution is 6.74. The van der Waals surface area contributed by atoms with E-state index in [0.717, 1.165) is 22.6 Å². The normalized spacial score (nSPS) is 26.4. The minimum absolute atomic E-state index is 0.0416. The molecule has 5 heteroatoms. The van der Waals surface area contributed by atoms with Crippen LogP contribution in [0.1, 0.15) is 44.7 Å². The van der Waals surface area contributed by atoms with E-state index < -0.39 is 14.6 Å². The Morgan fingerprint density at radius 3 is 2.54 bits per heavy atom. The van der Waals surface area contributed by atoms with Gasteiger partial charge in [-0.25, -0.2) is 0 Å². The smallest absolute Gasteiger partial charge is 0.250 e. The van der Waals surface area contributed by atoms with Crippen molar-refractivity contribution in [3.8, 4) is 11.5 Å². The Morgan fingerprint density at radius 1 is 1.29 bits per heavy atom. The van der Waals surface area contributed by atoms with Crippen molar-refractivity contribution in [2.75, 3.05) is 6.61 Å². The molecule has 1 saturated carbocycles. The van der Waals surface area contributed by atoms with E-state index in [9.17, 15) is 5.11 Å². The van der Waals surface area contributed by atoms with Crippen LogP contribution in [0.25, 0.3) is 0 Å². The molecule has 1 aromatic carbocycles. The molecule has 1 fully saturated rings. The maximum absolute atomic E-state index is 10.1. The highest BCUT2D eigenvalue weighted by Crippen LogP contribution is 2.61. The highest BCUT2D eigenvalue weighted by atomic mass is 28.4. The summed E-state index contributed by atoms with van der Waals surface area (Å²) in [5, 5.41) is 10.3. The Hall–Kier alpha value is -1.04. The quantitative estimate of drug-likeness (QED) is 0.638. The third kappa shape index (κ3) is 2.87. The van der Waals surface area contributed by atoms with E-state index >= 15 is 0 Å². The van der Waals surface area contributed by atoms with E-state index in [4.69, 9.17) is 13.9 Å². The van der Waals surface area contributed by atoms with Crippen LogP contribution in [0, 0.1) is 12.8 Å². The highest BCUT2D eigenvalue weighted by Gasteiger charge is 2.62. The van der Waals surface area contributed by atoms with E-state index in [1.54, 1.807) is 0 Å². The zero-order valence-electron chi connectivity index (χ0n) is 15.8. The number of aliphatic hydroxyl groups excluding tert-OH is 1. The first-order chi connectivity index (χ1) is 11.1. The van der Waals surface area contributed by atoms with Crippen LogP contribution >= 0.6 is 0 Å². The predicted octanol–water partition coefficient (Wildman–Crippen LogP) is 4.21. The van der Waals surface area contributed by atoms with Gasteiger partial charge in [-0.2, -0.15) is 0 Å². The molecule has 0 saturated heterocycles. The Kier molecular flexibility index (Phi) is 4.26. The van der Waals surface area contributed by atoms with Gasteiger partial charge in [-0.1, -0.05) is 20.8 Å². The number of rotatable bonds is 5. The molecule has 0 aromatic heterocycles. The van der Waals surface area contributed by atoms with Crippen LogP contribution in [0.15, 0.2) is 12.1 Å². The first-order valence-corrected chi connectivity index (χ1v) is 11.8. The number of hydrogen-bond acceptors (Lipinski definition) is 4. The standard InChI is InChI=1S/C19H30O4Si/c1-8-21-18(20)15-14-13-10-12(23-24(6,7)19(3,4)5)9-11(2)16(13)22-17(14)15/h9-10,14-15,17-18,20H,8H2,1-7H3. The van der Waals surface area contributed by atoms with Gasteiger partial charge in [-0.15, -0.1) is 0 Å². The van der Waals surface area contributed by atoms with Gasteiger partial charge in [-0.05, 0) is 49.7 Å². The second kappa shape index (κ2) is 5.75. The summed E-state index contributed by atoms with van der Waals surface area (Å²) in [6.45, 7) is 15.7. The van der Waals surface area contributed by atoms with Crippen molar-refractivity contribution in [2.24, 2.45) is 5.92 Å². The minimum Gasteiger partial charge on any atom is -0.543 e. The van der Waals surface area contributed by atoms with Crippen LogP contribution in [-0.2, 0) is 4.74 Å². The lowest BCUT2D eigenvalue weighted by Gasteiger charge is -2.36. The van der Waals surface area contributed by atoms with E-state index in [1.165, 1.54) is 0 Å². The Bertz CT molecular complexity index is 635. The van der Waals surface area contributed by atoms with Crippen LogP contribution in [0.2, 0.25) is 18.1 Å². The molecule has 1 aliphatic carbocycles. The molecule has 4 atom stereocenters. The maximum atomic E-state index is 10.1. The van der Waals surface area contributed by atoms with Crippen LogP contribution in [0.3, 0.4) is 0 Å². The summed E-state index contributed by atoms with van der Waals surface area (Å²) in [6.07, 6.45) is -0.702. The number of aryl methyl sites for hydroxylation is 1. The van der Waals surface area contributed by atoms with Crippen molar-refractivity contribution in [1.29, 1.82) is 0 Å². The molecular formula is C19H30O4Si. The molecule has 0 radical (unpaired) electrons. The summed E-state index contributed by atoms with van der Waals surface area (Å²) in [5.74, 6) is 2.16. The van der Waals surface area contributed by atoms with Gasteiger partial charge in [0, 0.05) is 18.1 Å². The molecule has 0 spiro atoms. The van der Waals surface area contributed by atoms with E-state index in [1.807, 2.05) is 6.92 Å². The third-order valence-corrected chi connectivity index (χ3v) is 10.1. The maximum Gasteiger partial charge on any atom is 0.250 e. The number of ether oxygens (including phenoxy) is 2. The van der Waals surface area contributed by atoms with Crippen molar-refractivity contribution in [3.05, 3.63) is 23.3 Å². The fourth-order valence-electron chi connectivity index (χ4n) is 3.28. The first kappa shape index (κ1) is 17.8. The zero-order valence-corrected chi connectivity index (χ0v) is 16.8. The largest absolute Gasteiger partial charge is 0.543 e. The number of benzene rings is 1. The van der Waals surface area contributed by atoms with Crippen LogP contribution in [0.4, 0.5) is 0 Å². The van der Waals surface area contributed by atoms with Gasteiger partial charge >= 0.3 is 0 Å². The van der Waals surface area contributed by atoms with Crippen molar-refractivity contribution < 1.29 is 19.0 Å². The summed E-state index contributed by atoms with van der Waals surface area (Å²) in [7, 11) is -1.88. The number of fused-ring (bicyclic) bond motifs is 3. The second-order valence-corrected chi connectivity index (χ2v) is 13.3. The molecule has 1 aliphatic heterocycles. The van der Waals surface area contributed by atoms with Crippen molar-refractivity contribution in [1.82, 2.24) is 0 Å². The first-order valence-electron chi connectivity index (χ1n) is 8.86. The fourth-order valence-corrected chi connectivity index (χ4v) is 4.29. The molecule has 3 rings (SSSR count). The summed E-state index contributed by atoms with van der Waals surface area (Å²) < 4.78 is 17.9. The van der Waals surface area contributed by atoms with Crippen molar-refractivity contribution in [2.45, 2.75) is 71.1 Å². The van der Waals surface area contributed by atoms with E-state index in [0.29, 0.717) is 6.61 Å². The van der Waals surface area contributed by atoms with Gasteiger partial charge in [0.15, 0.2) is 6.29 Å². The van der Waals surface area contributed by atoms with Crippen molar-refractivity contribution in [3.63, 3.8) is 0 Å². The van der Waals surface area contributed by atoms with Crippen LogP contribution in [-0.4, -0.2) is 32.4 Å². The molecule has 1 heterocycles. The summed E-state index contributed by atoms with van der Waals surface area (Å²) in [6, 6.07) is 4.20. The second-order valence-electron chi connectivity index (χ2n) is 8.55. The molecule has 1 N–H and O–H groups in total. The number of aliphatic hydroxyl groups is 1. The van der Waals surface area contributed by atoms with Gasteiger partial charge in [0.25, 0.3) is 0 Å². The minimum atomic E-state index is -1.88. The monoisotopic (exact) mass is 350 g/mol. The summed E-state index contributed by atoms with van der Waals surface area (Å²) in [5.41, 5.74) is 2.27. The van der Waals surface area contributed by atoms with Crippen molar-refractivity contribution >= 4 is 8.32 Å². The molecule has 1 aromatic rings. The molecule has 4 nitrogen and oxygen atoms in total. The Labute approximate surface area is 146 Å². The summed E-state index contributed by atoms with van der Waals surface area (Å²) >= 11 is 0.